The lowest BCUT2D eigenvalue weighted by molar-refractivity contribution is 0.281. The summed E-state index contributed by atoms with van der Waals surface area (Å²) in [6.07, 6.45) is 6.77. The molecule has 0 radical (unpaired) electrons. The monoisotopic (exact) mass is 220 g/mol. The van der Waals surface area contributed by atoms with E-state index in [2.05, 4.69) is 16.8 Å². The van der Waals surface area contributed by atoms with Crippen LogP contribution in [0.4, 0.5) is 5.82 Å². The lowest BCUT2D eigenvalue weighted by Crippen LogP contribution is -2.40. The maximum absolute atomic E-state index is 9.34. The van der Waals surface area contributed by atoms with Crippen LogP contribution in [0.1, 0.15) is 38.2 Å². The quantitative estimate of drug-likeness (QED) is 0.849. The first-order valence-corrected chi connectivity index (χ1v) is 6.18. The Labute approximate surface area is 97.1 Å². The number of rotatable bonds is 3. The summed E-state index contributed by atoms with van der Waals surface area (Å²) in [5.74, 6) is 0.983. The van der Waals surface area contributed by atoms with Gasteiger partial charge >= 0.3 is 0 Å². The molecule has 0 bridgehead atoms. The van der Waals surface area contributed by atoms with Crippen molar-refractivity contribution < 1.29 is 5.11 Å². The second-order valence-corrected chi connectivity index (χ2v) is 4.40. The summed E-state index contributed by atoms with van der Waals surface area (Å²) in [5, 5.41) is 9.34. The highest BCUT2D eigenvalue weighted by atomic mass is 16.3. The van der Waals surface area contributed by atoms with Crippen LogP contribution in [0.25, 0.3) is 0 Å². The molecule has 1 atom stereocenters. The van der Waals surface area contributed by atoms with Crippen LogP contribution in [0.15, 0.2) is 18.3 Å². The first kappa shape index (κ1) is 11.4. The van der Waals surface area contributed by atoms with E-state index in [4.69, 9.17) is 0 Å². The predicted molar refractivity (Wildman–Crippen MR) is 65.4 cm³/mol. The second kappa shape index (κ2) is 5.30. The molecule has 0 aromatic carbocycles. The zero-order valence-electron chi connectivity index (χ0n) is 9.89. The molecule has 1 fully saturated rings. The van der Waals surface area contributed by atoms with Crippen LogP contribution in [0, 0.1) is 0 Å². The molecule has 0 amide bonds. The number of anilines is 1. The Bertz CT molecular complexity index is 340. The Morgan fingerprint density at radius 3 is 3.12 bits per heavy atom. The van der Waals surface area contributed by atoms with Crippen LogP contribution in [0.5, 0.6) is 0 Å². The van der Waals surface area contributed by atoms with Crippen LogP contribution in [0.2, 0.25) is 0 Å². The Balaban J connectivity index is 2.26. The van der Waals surface area contributed by atoms with E-state index in [9.17, 15) is 5.11 Å². The van der Waals surface area contributed by atoms with E-state index in [0.29, 0.717) is 6.04 Å². The minimum absolute atomic E-state index is 0.0795. The van der Waals surface area contributed by atoms with E-state index in [1.54, 1.807) is 0 Å². The molecule has 1 aliphatic rings. The van der Waals surface area contributed by atoms with Gasteiger partial charge in [0.1, 0.15) is 5.82 Å². The zero-order valence-corrected chi connectivity index (χ0v) is 9.89. The van der Waals surface area contributed by atoms with E-state index in [1.165, 1.54) is 19.3 Å². The van der Waals surface area contributed by atoms with E-state index in [0.717, 1.165) is 24.3 Å². The summed E-state index contributed by atoms with van der Waals surface area (Å²) < 4.78 is 0. The Morgan fingerprint density at radius 1 is 1.50 bits per heavy atom. The molecule has 16 heavy (non-hydrogen) atoms. The van der Waals surface area contributed by atoms with Crippen molar-refractivity contribution >= 4 is 5.82 Å². The largest absolute Gasteiger partial charge is 0.392 e. The standard InChI is InChI=1S/C13H20N2O/c1-2-12-7-3-4-9-15(12)13-11(10-16)6-5-8-14-13/h5-6,8,12,16H,2-4,7,9-10H2,1H3. The van der Waals surface area contributed by atoms with Crippen LogP contribution < -0.4 is 4.90 Å². The third-order valence-electron chi connectivity index (χ3n) is 3.41. The van der Waals surface area contributed by atoms with Gasteiger partial charge in [0.2, 0.25) is 0 Å². The van der Waals surface area contributed by atoms with E-state index < -0.39 is 0 Å². The molecular formula is C13H20N2O. The molecular weight excluding hydrogens is 200 g/mol. The summed E-state index contributed by atoms with van der Waals surface area (Å²) in [5.41, 5.74) is 0.947. The number of hydrogen-bond donors (Lipinski definition) is 1. The molecule has 0 aliphatic carbocycles. The highest BCUT2D eigenvalue weighted by Crippen LogP contribution is 2.27. The summed E-state index contributed by atoms with van der Waals surface area (Å²) >= 11 is 0. The second-order valence-electron chi connectivity index (χ2n) is 4.40. The normalized spacial score (nSPS) is 21.1. The van der Waals surface area contributed by atoms with Gasteiger partial charge in [0, 0.05) is 24.3 Å². The van der Waals surface area contributed by atoms with E-state index in [-0.39, 0.29) is 6.61 Å². The van der Waals surface area contributed by atoms with Crippen LogP contribution in [0.3, 0.4) is 0 Å². The maximum atomic E-state index is 9.34. The molecule has 0 saturated carbocycles. The van der Waals surface area contributed by atoms with Gasteiger partial charge in [-0.2, -0.15) is 0 Å². The minimum Gasteiger partial charge on any atom is -0.392 e. The number of pyridine rings is 1. The van der Waals surface area contributed by atoms with Gasteiger partial charge in [-0.1, -0.05) is 13.0 Å². The van der Waals surface area contributed by atoms with Crippen molar-refractivity contribution in [2.45, 2.75) is 45.3 Å². The highest BCUT2D eigenvalue weighted by molar-refractivity contribution is 5.47. The number of hydrogen-bond acceptors (Lipinski definition) is 3. The van der Waals surface area contributed by atoms with Crippen molar-refractivity contribution in [3.8, 4) is 0 Å². The fourth-order valence-electron chi connectivity index (χ4n) is 2.52. The van der Waals surface area contributed by atoms with Crippen molar-refractivity contribution in [1.29, 1.82) is 0 Å². The molecule has 3 nitrogen and oxygen atoms in total. The van der Waals surface area contributed by atoms with Gasteiger partial charge in [0.25, 0.3) is 0 Å². The molecule has 1 unspecified atom stereocenters. The number of aromatic nitrogens is 1. The molecule has 1 N–H and O–H groups in total. The van der Waals surface area contributed by atoms with E-state index >= 15 is 0 Å². The predicted octanol–water partition coefficient (Wildman–Crippen LogP) is 2.34. The van der Waals surface area contributed by atoms with Crippen molar-refractivity contribution in [3.63, 3.8) is 0 Å². The fourth-order valence-corrected chi connectivity index (χ4v) is 2.52. The first-order valence-electron chi connectivity index (χ1n) is 6.18. The smallest absolute Gasteiger partial charge is 0.134 e. The third kappa shape index (κ3) is 2.19. The number of aliphatic hydroxyl groups is 1. The molecule has 88 valence electrons. The summed E-state index contributed by atoms with van der Waals surface area (Å²) in [6.45, 7) is 3.38. The van der Waals surface area contributed by atoms with Gasteiger partial charge < -0.3 is 10.0 Å². The van der Waals surface area contributed by atoms with E-state index in [1.807, 2.05) is 18.3 Å². The number of aliphatic hydroxyl groups excluding tert-OH is 1. The lowest BCUT2D eigenvalue weighted by atomic mass is 9.99. The van der Waals surface area contributed by atoms with Gasteiger partial charge in [0.15, 0.2) is 0 Å². The number of nitrogens with zero attached hydrogens (tertiary/aromatic N) is 2. The fraction of sp³-hybridized carbons (Fsp3) is 0.615. The van der Waals surface area contributed by atoms with Crippen LogP contribution in [-0.4, -0.2) is 22.7 Å². The molecule has 2 heterocycles. The molecule has 1 aromatic rings. The van der Waals surface area contributed by atoms with Crippen LogP contribution >= 0.6 is 0 Å². The lowest BCUT2D eigenvalue weighted by Gasteiger charge is -2.37. The topological polar surface area (TPSA) is 36.4 Å². The molecule has 2 rings (SSSR count). The van der Waals surface area contributed by atoms with Crippen molar-refractivity contribution in [1.82, 2.24) is 4.98 Å². The highest BCUT2D eigenvalue weighted by Gasteiger charge is 2.23. The van der Waals surface area contributed by atoms with Gasteiger partial charge in [-0.3, -0.25) is 0 Å². The first-order chi connectivity index (χ1) is 7.86. The zero-order chi connectivity index (χ0) is 11.4. The molecule has 3 heteroatoms. The van der Waals surface area contributed by atoms with Crippen molar-refractivity contribution in [2.24, 2.45) is 0 Å². The Morgan fingerprint density at radius 2 is 2.38 bits per heavy atom. The van der Waals surface area contributed by atoms with Crippen molar-refractivity contribution in [2.75, 3.05) is 11.4 Å². The SMILES string of the molecule is CCC1CCCCN1c1ncccc1CO. The third-order valence-corrected chi connectivity index (χ3v) is 3.41. The maximum Gasteiger partial charge on any atom is 0.134 e. The molecule has 1 aromatic heterocycles. The van der Waals surface area contributed by atoms with Gasteiger partial charge in [-0.15, -0.1) is 0 Å². The van der Waals surface area contributed by atoms with Gasteiger partial charge in [0.05, 0.1) is 6.61 Å². The molecule has 1 aliphatic heterocycles. The summed E-state index contributed by atoms with van der Waals surface area (Å²) in [4.78, 5) is 6.81. The van der Waals surface area contributed by atoms with Gasteiger partial charge in [-0.25, -0.2) is 4.98 Å². The average molecular weight is 220 g/mol. The molecule has 0 spiro atoms. The summed E-state index contributed by atoms with van der Waals surface area (Å²) in [7, 11) is 0. The minimum atomic E-state index is 0.0795. The Hall–Kier alpha value is -1.09. The van der Waals surface area contributed by atoms with Gasteiger partial charge in [-0.05, 0) is 31.7 Å². The van der Waals surface area contributed by atoms with Crippen molar-refractivity contribution in [3.05, 3.63) is 23.9 Å². The average Bonchev–Trinajstić information content (AvgIpc) is 2.38. The molecule has 1 saturated heterocycles. The van der Waals surface area contributed by atoms with Crippen LogP contribution in [-0.2, 0) is 6.61 Å². The Kier molecular flexibility index (Phi) is 3.78. The summed E-state index contributed by atoms with van der Waals surface area (Å²) in [6, 6.07) is 4.44. The number of piperidine rings is 1.